The van der Waals surface area contributed by atoms with Crippen LogP contribution in [0.15, 0.2) is 120 Å². The average Bonchev–Trinajstić information content (AvgIpc) is 3.45. The minimum atomic E-state index is -1.10. The number of rotatable bonds is 6. The lowest BCUT2D eigenvalue weighted by atomic mass is 9.95. The fourth-order valence-corrected chi connectivity index (χ4v) is 5.77. The number of nitrogens with one attached hydrogen (secondary N) is 1. The number of aliphatic imine (C=N–C) groups is 1. The maximum Gasteiger partial charge on any atom is 0.338 e. The summed E-state index contributed by atoms with van der Waals surface area (Å²) in [6.45, 7) is 0.535. The number of esters is 1. The van der Waals surface area contributed by atoms with Crippen molar-refractivity contribution < 1.29 is 19.1 Å². The first-order chi connectivity index (χ1) is 21.0. The van der Waals surface area contributed by atoms with Gasteiger partial charge < -0.3 is 15.0 Å². The number of hydrogen-bond acceptors (Lipinski definition) is 5. The van der Waals surface area contributed by atoms with Crippen LogP contribution in [0.3, 0.4) is 0 Å². The van der Waals surface area contributed by atoms with Crippen molar-refractivity contribution in [3.05, 3.63) is 149 Å². The van der Waals surface area contributed by atoms with E-state index in [-0.39, 0.29) is 18.4 Å². The molecule has 0 saturated heterocycles. The molecular weight excluding hydrogens is 538 g/mol. The molecule has 7 nitrogen and oxygen atoms in total. The summed E-state index contributed by atoms with van der Waals surface area (Å²) in [6.07, 6.45) is -0.461. The second-order valence-electron chi connectivity index (χ2n) is 10.6. The van der Waals surface area contributed by atoms with Gasteiger partial charge in [0.15, 0.2) is 0 Å². The second-order valence-corrected chi connectivity index (χ2v) is 10.6. The number of carbonyl (C=O) groups is 3. The Kier molecular flexibility index (Phi) is 6.75. The Balaban J connectivity index is 1.23. The van der Waals surface area contributed by atoms with Gasteiger partial charge in [0.2, 0.25) is 6.17 Å². The van der Waals surface area contributed by atoms with Gasteiger partial charge in [-0.3, -0.25) is 9.59 Å². The van der Waals surface area contributed by atoms with Crippen molar-refractivity contribution >= 4 is 40.0 Å². The van der Waals surface area contributed by atoms with E-state index in [0.29, 0.717) is 29.8 Å². The lowest BCUT2D eigenvalue weighted by Gasteiger charge is -2.21. The molecule has 0 saturated carbocycles. The number of ether oxygens (including phenoxy) is 1. The molecule has 0 fully saturated rings. The summed E-state index contributed by atoms with van der Waals surface area (Å²) in [5.74, 6) is -1.07. The number of amides is 2. The molecule has 2 heterocycles. The summed E-state index contributed by atoms with van der Waals surface area (Å²) in [5, 5.41) is 4.87. The van der Waals surface area contributed by atoms with Crippen molar-refractivity contribution in [3.63, 3.8) is 0 Å². The van der Waals surface area contributed by atoms with Crippen LogP contribution in [-0.4, -0.2) is 36.2 Å². The highest BCUT2D eigenvalue weighted by Gasteiger charge is 2.37. The van der Waals surface area contributed by atoms with Crippen molar-refractivity contribution in [1.29, 1.82) is 0 Å². The first-order valence-corrected chi connectivity index (χ1v) is 14.2. The molecule has 2 aliphatic heterocycles. The Morgan fingerprint density at radius 1 is 0.814 bits per heavy atom. The molecule has 7 rings (SSSR count). The molecule has 210 valence electrons. The molecule has 7 heteroatoms. The summed E-state index contributed by atoms with van der Waals surface area (Å²) in [4.78, 5) is 46.5. The van der Waals surface area contributed by atoms with E-state index in [1.165, 1.54) is 0 Å². The third-order valence-corrected chi connectivity index (χ3v) is 7.84. The van der Waals surface area contributed by atoms with Crippen LogP contribution in [0.5, 0.6) is 0 Å². The Bertz CT molecular complexity index is 1920. The number of nitrogens with zero attached hydrogens (tertiary/aromatic N) is 2. The van der Waals surface area contributed by atoms with Crippen LogP contribution < -0.4 is 10.2 Å². The SMILES string of the molecule is O=C(NC1N=C(c2ccccc2)c2cc(COC(=O)c3ccc4ccccc4c3)cc3c2N(CC3)C1=O)c1ccccc1. The summed E-state index contributed by atoms with van der Waals surface area (Å²) in [7, 11) is 0. The van der Waals surface area contributed by atoms with Gasteiger partial charge in [-0.15, -0.1) is 0 Å². The smallest absolute Gasteiger partial charge is 0.338 e. The first-order valence-electron chi connectivity index (χ1n) is 14.2. The highest BCUT2D eigenvalue weighted by Crippen LogP contribution is 2.37. The molecule has 2 aliphatic rings. The molecule has 5 aromatic carbocycles. The van der Waals surface area contributed by atoms with Crippen LogP contribution >= 0.6 is 0 Å². The minimum Gasteiger partial charge on any atom is -0.457 e. The third-order valence-electron chi connectivity index (χ3n) is 7.84. The van der Waals surface area contributed by atoms with Gasteiger partial charge in [0.25, 0.3) is 11.8 Å². The zero-order valence-electron chi connectivity index (χ0n) is 23.2. The minimum absolute atomic E-state index is 0.0656. The number of fused-ring (bicyclic) bond motifs is 1. The first kappa shape index (κ1) is 26.3. The summed E-state index contributed by atoms with van der Waals surface area (Å²) >= 11 is 0. The van der Waals surface area contributed by atoms with Crippen molar-refractivity contribution in [2.75, 3.05) is 11.4 Å². The van der Waals surface area contributed by atoms with Crippen molar-refractivity contribution in [2.24, 2.45) is 4.99 Å². The number of anilines is 1. The molecule has 2 amide bonds. The Labute approximate surface area is 248 Å². The molecule has 1 N–H and O–H groups in total. The topological polar surface area (TPSA) is 88.1 Å². The summed E-state index contributed by atoms with van der Waals surface area (Å²) in [5.41, 5.74) is 5.67. The van der Waals surface area contributed by atoms with Crippen molar-refractivity contribution in [1.82, 2.24) is 5.32 Å². The quantitative estimate of drug-likeness (QED) is 0.268. The van der Waals surface area contributed by atoms with Crippen LogP contribution in [0.1, 0.15) is 43.0 Å². The van der Waals surface area contributed by atoms with Crippen LogP contribution in [0.4, 0.5) is 5.69 Å². The highest BCUT2D eigenvalue weighted by molar-refractivity contribution is 6.21. The van der Waals surface area contributed by atoms with E-state index in [1.807, 2.05) is 84.9 Å². The molecule has 0 aliphatic carbocycles. The monoisotopic (exact) mass is 565 g/mol. The van der Waals surface area contributed by atoms with Gasteiger partial charge in [-0.2, -0.15) is 0 Å². The van der Waals surface area contributed by atoms with Gasteiger partial charge in [-0.05, 0) is 58.7 Å². The molecule has 0 spiro atoms. The largest absolute Gasteiger partial charge is 0.457 e. The van der Waals surface area contributed by atoms with Gasteiger partial charge in [-0.25, -0.2) is 9.79 Å². The predicted molar refractivity (Wildman–Crippen MR) is 165 cm³/mol. The molecule has 1 unspecified atom stereocenters. The van der Waals surface area contributed by atoms with E-state index in [4.69, 9.17) is 9.73 Å². The maximum absolute atomic E-state index is 13.8. The summed E-state index contributed by atoms with van der Waals surface area (Å²) < 4.78 is 5.77. The standard InChI is InChI=1S/C36H27N3O4/c40-34(26-12-5-2-6-13-26)38-33-35(41)39-18-17-28-19-23(20-30(32(28)39)31(37-33)25-10-3-1-4-11-25)22-43-36(42)29-16-15-24-9-7-8-14-27(24)21-29/h1-16,19-21,33H,17-18,22H2,(H,38,40). The third kappa shape index (κ3) is 5.06. The van der Waals surface area contributed by atoms with Crippen molar-refractivity contribution in [3.8, 4) is 0 Å². The van der Waals surface area contributed by atoms with Gasteiger partial charge in [-0.1, -0.05) is 84.9 Å². The fraction of sp³-hybridized carbons (Fsp3) is 0.111. The lowest BCUT2D eigenvalue weighted by molar-refractivity contribution is -0.120. The molecular formula is C36H27N3O4. The normalized spacial score (nSPS) is 15.4. The zero-order chi connectivity index (χ0) is 29.3. The Hall–Kier alpha value is -5.56. The van der Waals surface area contributed by atoms with Gasteiger partial charge >= 0.3 is 5.97 Å². The number of hydrogen-bond donors (Lipinski definition) is 1. The number of carbonyl (C=O) groups excluding carboxylic acids is 3. The van der Waals surface area contributed by atoms with Crippen molar-refractivity contribution in [2.45, 2.75) is 19.2 Å². The van der Waals surface area contributed by atoms with Crippen LogP contribution in [0.25, 0.3) is 10.8 Å². The number of benzene rings is 5. The van der Waals surface area contributed by atoms with Gasteiger partial charge in [0, 0.05) is 23.2 Å². The second kappa shape index (κ2) is 11.0. The van der Waals surface area contributed by atoms with E-state index >= 15 is 0 Å². The fourth-order valence-electron chi connectivity index (χ4n) is 5.77. The van der Waals surface area contributed by atoms with Crippen LogP contribution in [-0.2, 0) is 22.6 Å². The highest BCUT2D eigenvalue weighted by atomic mass is 16.5. The zero-order valence-corrected chi connectivity index (χ0v) is 23.2. The van der Waals surface area contributed by atoms with E-state index in [2.05, 4.69) is 5.32 Å². The Morgan fingerprint density at radius 2 is 1.53 bits per heavy atom. The van der Waals surface area contributed by atoms with E-state index < -0.39 is 12.1 Å². The molecule has 1 atom stereocenters. The molecule has 5 aromatic rings. The molecule has 0 aromatic heterocycles. The summed E-state index contributed by atoms with van der Waals surface area (Å²) in [6, 6.07) is 35.7. The molecule has 0 radical (unpaired) electrons. The van der Waals surface area contributed by atoms with E-state index in [9.17, 15) is 14.4 Å². The van der Waals surface area contributed by atoms with E-state index in [0.717, 1.165) is 38.7 Å². The van der Waals surface area contributed by atoms with Gasteiger partial charge in [0.1, 0.15) is 6.61 Å². The van der Waals surface area contributed by atoms with Gasteiger partial charge in [0.05, 0.1) is 17.0 Å². The predicted octanol–water partition coefficient (Wildman–Crippen LogP) is 5.69. The average molecular weight is 566 g/mol. The maximum atomic E-state index is 13.8. The van der Waals surface area contributed by atoms with Crippen LogP contribution in [0, 0.1) is 0 Å². The van der Waals surface area contributed by atoms with Crippen LogP contribution in [0.2, 0.25) is 0 Å². The lowest BCUT2D eigenvalue weighted by Crippen LogP contribution is -2.46. The van der Waals surface area contributed by atoms with E-state index in [1.54, 1.807) is 35.2 Å². The Morgan fingerprint density at radius 3 is 2.33 bits per heavy atom. The molecule has 0 bridgehead atoms. The molecule has 43 heavy (non-hydrogen) atoms.